The summed E-state index contributed by atoms with van der Waals surface area (Å²) in [6.45, 7) is 9.61. The van der Waals surface area contributed by atoms with Gasteiger partial charge in [0.1, 0.15) is 21.9 Å². The number of hydrogen-bond donors (Lipinski definition) is 0. The van der Waals surface area contributed by atoms with Crippen molar-refractivity contribution in [3.05, 3.63) is 16.8 Å². The minimum Gasteiger partial charge on any atom is -0.462 e. The van der Waals surface area contributed by atoms with E-state index >= 15 is 0 Å². The summed E-state index contributed by atoms with van der Waals surface area (Å²) in [5.74, 6) is 1.76. The molecule has 0 bridgehead atoms. The fourth-order valence-corrected chi connectivity index (χ4v) is 5.03. The highest BCUT2D eigenvalue weighted by Crippen LogP contribution is 2.38. The highest BCUT2D eigenvalue weighted by Gasteiger charge is 2.29. The first kappa shape index (κ1) is 16.5. The highest BCUT2D eigenvalue weighted by molar-refractivity contribution is 8.00. The van der Waals surface area contributed by atoms with Crippen LogP contribution < -0.4 is 4.90 Å². The van der Waals surface area contributed by atoms with Crippen LogP contribution in [0.25, 0.3) is 10.2 Å². The summed E-state index contributed by atoms with van der Waals surface area (Å²) in [7, 11) is 0. The maximum Gasteiger partial charge on any atom is 0.348 e. The smallest absolute Gasteiger partial charge is 0.348 e. The molecule has 0 saturated carbocycles. The molecule has 0 N–H and O–H groups in total. The lowest BCUT2D eigenvalue weighted by atomic mass is 10.1. The first-order chi connectivity index (χ1) is 11.0. The number of hydrogen-bond acceptors (Lipinski definition) is 7. The topological polar surface area (TPSA) is 55.3 Å². The van der Waals surface area contributed by atoms with Gasteiger partial charge < -0.3 is 9.64 Å². The van der Waals surface area contributed by atoms with E-state index in [9.17, 15) is 4.79 Å². The van der Waals surface area contributed by atoms with Crippen LogP contribution in [0.1, 0.15) is 36.0 Å². The van der Waals surface area contributed by atoms with Crippen molar-refractivity contribution < 1.29 is 9.53 Å². The lowest BCUT2D eigenvalue weighted by Crippen LogP contribution is -2.45. The Kier molecular flexibility index (Phi) is 4.77. The van der Waals surface area contributed by atoms with E-state index < -0.39 is 0 Å². The Morgan fingerprint density at radius 2 is 2.22 bits per heavy atom. The van der Waals surface area contributed by atoms with Crippen molar-refractivity contribution in [2.24, 2.45) is 0 Å². The van der Waals surface area contributed by atoms with Crippen LogP contribution in [-0.2, 0) is 4.74 Å². The van der Waals surface area contributed by atoms with Crippen molar-refractivity contribution in [1.82, 2.24) is 9.97 Å². The predicted molar refractivity (Wildman–Crippen MR) is 96.8 cm³/mol. The van der Waals surface area contributed by atoms with Crippen LogP contribution in [0.5, 0.6) is 0 Å². The van der Waals surface area contributed by atoms with Crippen molar-refractivity contribution in [2.45, 2.75) is 39.0 Å². The fourth-order valence-electron chi connectivity index (χ4n) is 2.89. The van der Waals surface area contributed by atoms with Gasteiger partial charge in [0.25, 0.3) is 0 Å². The van der Waals surface area contributed by atoms with Gasteiger partial charge >= 0.3 is 5.97 Å². The van der Waals surface area contributed by atoms with Gasteiger partial charge in [0.15, 0.2) is 0 Å². The van der Waals surface area contributed by atoms with Gasteiger partial charge in [0, 0.05) is 23.6 Å². The monoisotopic (exact) mass is 351 g/mol. The van der Waals surface area contributed by atoms with E-state index in [1.165, 1.54) is 11.3 Å². The van der Waals surface area contributed by atoms with Gasteiger partial charge in [-0.3, -0.25) is 0 Å². The van der Waals surface area contributed by atoms with Crippen molar-refractivity contribution in [3.8, 4) is 0 Å². The fraction of sp³-hybridized carbons (Fsp3) is 0.562. The lowest BCUT2D eigenvalue weighted by Gasteiger charge is -2.38. The van der Waals surface area contributed by atoms with Gasteiger partial charge in [0.05, 0.1) is 12.0 Å². The van der Waals surface area contributed by atoms with Gasteiger partial charge in [-0.25, -0.2) is 14.8 Å². The van der Waals surface area contributed by atoms with Crippen molar-refractivity contribution in [2.75, 3.05) is 23.8 Å². The molecule has 2 unspecified atom stereocenters. The summed E-state index contributed by atoms with van der Waals surface area (Å²) in [4.78, 5) is 24.9. The van der Waals surface area contributed by atoms with Crippen LogP contribution in [0.15, 0.2) is 6.33 Å². The number of anilines is 1. The Labute approximate surface area is 144 Å². The molecule has 3 rings (SSSR count). The lowest BCUT2D eigenvalue weighted by molar-refractivity contribution is 0.0531. The summed E-state index contributed by atoms with van der Waals surface area (Å²) < 4.78 is 5.17. The van der Waals surface area contributed by atoms with Crippen LogP contribution in [-0.4, -0.2) is 46.1 Å². The maximum absolute atomic E-state index is 12.2. The molecule has 0 aromatic carbocycles. The van der Waals surface area contributed by atoms with E-state index in [4.69, 9.17) is 4.74 Å². The number of ether oxygens (including phenoxy) is 1. The average Bonchev–Trinajstić information content (AvgIpc) is 2.88. The zero-order valence-corrected chi connectivity index (χ0v) is 15.5. The molecule has 3 heterocycles. The third kappa shape index (κ3) is 2.92. The third-order valence-corrected chi connectivity index (χ3v) is 6.84. The van der Waals surface area contributed by atoms with Gasteiger partial charge in [0.2, 0.25) is 0 Å². The van der Waals surface area contributed by atoms with Crippen LogP contribution in [0.4, 0.5) is 5.82 Å². The summed E-state index contributed by atoms with van der Waals surface area (Å²) in [5.41, 5.74) is 0.928. The van der Waals surface area contributed by atoms with Gasteiger partial charge in [-0.15, -0.1) is 11.3 Å². The zero-order chi connectivity index (χ0) is 16.6. The van der Waals surface area contributed by atoms with E-state index in [0.717, 1.165) is 33.9 Å². The largest absolute Gasteiger partial charge is 0.462 e. The molecule has 2 atom stereocenters. The minimum atomic E-state index is -0.269. The molecule has 2 aromatic heterocycles. The number of aryl methyl sites for hydroxylation is 1. The molecule has 23 heavy (non-hydrogen) atoms. The minimum absolute atomic E-state index is 0.269. The molecule has 124 valence electrons. The zero-order valence-electron chi connectivity index (χ0n) is 13.8. The first-order valence-corrected chi connectivity index (χ1v) is 9.70. The third-order valence-electron chi connectivity index (χ3n) is 4.32. The van der Waals surface area contributed by atoms with E-state index in [0.29, 0.717) is 22.8 Å². The normalized spacial score (nSPS) is 21.7. The number of thiophene rings is 1. The Morgan fingerprint density at radius 1 is 1.43 bits per heavy atom. The van der Waals surface area contributed by atoms with Crippen molar-refractivity contribution >= 4 is 45.1 Å². The highest BCUT2D eigenvalue weighted by atomic mass is 32.2. The Hall–Kier alpha value is -1.34. The Balaban J connectivity index is 2.09. The molecule has 5 nitrogen and oxygen atoms in total. The standard InChI is InChI=1S/C16H21N3O2S2/c1-5-21-16(20)13-9(2)12-14(17-8-18-15(12)23-13)19-6-7-22-11(4)10(19)3/h8,10-11H,5-7H2,1-4H3. The second-order valence-electron chi connectivity index (χ2n) is 5.66. The van der Waals surface area contributed by atoms with Gasteiger partial charge in [-0.2, -0.15) is 11.8 Å². The number of nitrogens with zero attached hydrogens (tertiary/aromatic N) is 3. The van der Waals surface area contributed by atoms with Crippen LogP contribution >= 0.6 is 23.1 Å². The molecule has 2 aromatic rings. The van der Waals surface area contributed by atoms with E-state index in [1.54, 1.807) is 6.33 Å². The van der Waals surface area contributed by atoms with Gasteiger partial charge in [-0.05, 0) is 26.3 Å². The molecule has 7 heteroatoms. The van der Waals surface area contributed by atoms with E-state index in [2.05, 4.69) is 28.7 Å². The van der Waals surface area contributed by atoms with Crippen molar-refractivity contribution in [1.29, 1.82) is 0 Å². The molecule has 0 spiro atoms. The second kappa shape index (κ2) is 6.65. The van der Waals surface area contributed by atoms with E-state index in [1.807, 2.05) is 25.6 Å². The number of carbonyl (C=O) groups excluding carboxylic acids is 1. The van der Waals surface area contributed by atoms with E-state index in [-0.39, 0.29) is 5.97 Å². The van der Waals surface area contributed by atoms with Crippen molar-refractivity contribution in [3.63, 3.8) is 0 Å². The number of carbonyl (C=O) groups is 1. The molecule has 1 aliphatic rings. The summed E-state index contributed by atoms with van der Waals surface area (Å²) in [6, 6.07) is 0.400. The maximum atomic E-state index is 12.2. The molecule has 1 saturated heterocycles. The van der Waals surface area contributed by atoms with Crippen LogP contribution in [0.2, 0.25) is 0 Å². The molecule has 0 radical (unpaired) electrons. The Bertz CT molecular complexity index is 731. The number of fused-ring (bicyclic) bond motifs is 1. The Morgan fingerprint density at radius 3 is 2.96 bits per heavy atom. The number of aromatic nitrogens is 2. The molecular weight excluding hydrogens is 330 g/mol. The number of thioether (sulfide) groups is 1. The predicted octanol–water partition coefficient (Wildman–Crippen LogP) is 3.51. The molecule has 0 aliphatic carbocycles. The van der Waals surface area contributed by atoms with Crippen LogP contribution in [0, 0.1) is 6.92 Å². The van der Waals surface area contributed by atoms with Crippen LogP contribution in [0.3, 0.4) is 0 Å². The summed E-state index contributed by atoms with van der Waals surface area (Å²) >= 11 is 3.39. The van der Waals surface area contributed by atoms with Gasteiger partial charge in [-0.1, -0.05) is 6.92 Å². The first-order valence-electron chi connectivity index (χ1n) is 7.84. The summed E-state index contributed by atoms with van der Waals surface area (Å²) in [5, 5.41) is 1.55. The summed E-state index contributed by atoms with van der Waals surface area (Å²) in [6.07, 6.45) is 1.60. The quantitative estimate of drug-likeness (QED) is 0.789. The molecule has 1 fully saturated rings. The second-order valence-corrected chi connectivity index (χ2v) is 8.15. The average molecular weight is 351 g/mol. The number of rotatable bonds is 3. The molecule has 1 aliphatic heterocycles. The SMILES string of the molecule is CCOC(=O)c1sc2ncnc(N3CCSC(C)C3C)c2c1C. The molecular formula is C16H21N3O2S2. The number of esters is 1. The molecule has 0 amide bonds.